The van der Waals surface area contributed by atoms with Gasteiger partial charge in [0.15, 0.2) is 0 Å². The van der Waals surface area contributed by atoms with E-state index in [0.717, 1.165) is 62.7 Å². The van der Waals surface area contributed by atoms with Crippen molar-refractivity contribution in [3.05, 3.63) is 59.1 Å². The van der Waals surface area contributed by atoms with Gasteiger partial charge in [0.05, 0.1) is 5.41 Å². The van der Waals surface area contributed by atoms with Crippen molar-refractivity contribution < 1.29 is 4.79 Å². The summed E-state index contributed by atoms with van der Waals surface area (Å²) in [4.78, 5) is 17.7. The first-order valence-electron chi connectivity index (χ1n) is 10.3. The number of hydrogen-bond acceptors (Lipinski definition) is 3. The van der Waals surface area contributed by atoms with E-state index >= 15 is 0 Å². The Morgan fingerprint density at radius 3 is 2.61 bits per heavy atom. The molecule has 4 rings (SSSR count). The fourth-order valence-electron chi connectivity index (χ4n) is 4.66. The van der Waals surface area contributed by atoms with Gasteiger partial charge in [-0.15, -0.1) is 0 Å². The molecule has 1 N–H and O–H groups in total. The van der Waals surface area contributed by atoms with Crippen molar-refractivity contribution in [2.45, 2.75) is 31.6 Å². The van der Waals surface area contributed by atoms with Crippen molar-refractivity contribution in [3.8, 4) is 0 Å². The summed E-state index contributed by atoms with van der Waals surface area (Å²) >= 11 is 6.13. The maximum Gasteiger partial charge on any atom is 0.235 e. The van der Waals surface area contributed by atoms with Gasteiger partial charge in [-0.1, -0.05) is 42.8 Å². The molecule has 2 aliphatic rings. The summed E-state index contributed by atoms with van der Waals surface area (Å²) in [5.41, 5.74) is 3.01. The molecule has 0 aromatic heterocycles. The Labute approximate surface area is 172 Å². The average molecular weight is 398 g/mol. The molecule has 1 atom stereocenters. The lowest BCUT2D eigenvalue weighted by Gasteiger charge is -2.36. The predicted octanol–water partition coefficient (Wildman–Crippen LogP) is 4.54. The van der Waals surface area contributed by atoms with Crippen LogP contribution in [0.15, 0.2) is 48.5 Å². The Morgan fingerprint density at radius 1 is 1.07 bits per heavy atom. The normalized spacial score (nSPS) is 22.2. The number of halogens is 1. The number of hydrogen-bond donors (Lipinski definition) is 1. The Bertz CT molecular complexity index is 847. The van der Waals surface area contributed by atoms with E-state index in [9.17, 15) is 4.79 Å². The standard InChI is InChI=1S/C23H28ClN3O/c1-2-23(20-9-3-4-10-21(20)25-22(23)28)11-6-12-26-13-15-27(16-14-26)19-8-5-7-18(24)17-19/h3-5,7-10,17H,2,6,11-16H2,1H3,(H,25,28). The Kier molecular flexibility index (Phi) is 5.61. The minimum atomic E-state index is -0.362. The summed E-state index contributed by atoms with van der Waals surface area (Å²) in [5, 5.41) is 3.88. The van der Waals surface area contributed by atoms with E-state index in [1.54, 1.807) is 0 Å². The monoisotopic (exact) mass is 397 g/mol. The van der Waals surface area contributed by atoms with Crippen LogP contribution in [0.2, 0.25) is 5.02 Å². The van der Waals surface area contributed by atoms with Gasteiger partial charge in [-0.25, -0.2) is 0 Å². The number of nitrogens with zero attached hydrogens (tertiary/aromatic N) is 2. The lowest BCUT2D eigenvalue weighted by atomic mass is 9.75. The molecule has 2 heterocycles. The van der Waals surface area contributed by atoms with Crippen LogP contribution in [0.1, 0.15) is 31.7 Å². The topological polar surface area (TPSA) is 35.6 Å². The maximum atomic E-state index is 12.8. The molecule has 1 saturated heterocycles. The molecule has 0 saturated carbocycles. The van der Waals surface area contributed by atoms with Crippen LogP contribution in [0, 0.1) is 0 Å². The highest BCUT2D eigenvalue weighted by atomic mass is 35.5. The number of piperazine rings is 1. The van der Waals surface area contributed by atoms with E-state index in [2.05, 4.69) is 34.2 Å². The van der Waals surface area contributed by atoms with Gasteiger partial charge in [0, 0.05) is 42.6 Å². The molecule has 0 radical (unpaired) electrons. The maximum absolute atomic E-state index is 12.8. The third-order valence-corrected chi connectivity index (χ3v) is 6.59. The van der Waals surface area contributed by atoms with Crippen LogP contribution >= 0.6 is 11.6 Å². The van der Waals surface area contributed by atoms with E-state index < -0.39 is 0 Å². The van der Waals surface area contributed by atoms with E-state index in [4.69, 9.17) is 11.6 Å². The van der Waals surface area contributed by atoms with Gasteiger partial charge < -0.3 is 10.2 Å². The highest BCUT2D eigenvalue weighted by Gasteiger charge is 2.44. The molecule has 0 bridgehead atoms. The van der Waals surface area contributed by atoms with Crippen molar-refractivity contribution in [1.82, 2.24) is 4.90 Å². The molecule has 148 valence electrons. The number of fused-ring (bicyclic) bond motifs is 1. The molecule has 4 nitrogen and oxygen atoms in total. The smallest absolute Gasteiger partial charge is 0.235 e. The SMILES string of the molecule is CCC1(CCCN2CCN(c3cccc(Cl)c3)CC2)C(=O)Nc2ccccc21. The van der Waals surface area contributed by atoms with Gasteiger partial charge in [-0.2, -0.15) is 0 Å². The van der Waals surface area contributed by atoms with Crippen LogP contribution in [0.5, 0.6) is 0 Å². The lowest BCUT2D eigenvalue weighted by molar-refractivity contribution is -0.121. The fraction of sp³-hybridized carbons (Fsp3) is 0.435. The number of rotatable bonds is 6. The molecular weight excluding hydrogens is 370 g/mol. The third-order valence-electron chi connectivity index (χ3n) is 6.35. The van der Waals surface area contributed by atoms with Crippen molar-refractivity contribution in [2.75, 3.05) is 42.9 Å². The Morgan fingerprint density at radius 2 is 1.86 bits per heavy atom. The van der Waals surface area contributed by atoms with Crippen molar-refractivity contribution >= 4 is 28.9 Å². The van der Waals surface area contributed by atoms with Crippen molar-refractivity contribution in [2.24, 2.45) is 0 Å². The van der Waals surface area contributed by atoms with Gasteiger partial charge in [0.1, 0.15) is 0 Å². The second kappa shape index (κ2) is 8.14. The summed E-state index contributed by atoms with van der Waals surface area (Å²) in [7, 11) is 0. The molecule has 28 heavy (non-hydrogen) atoms. The van der Waals surface area contributed by atoms with E-state index in [-0.39, 0.29) is 11.3 Å². The summed E-state index contributed by atoms with van der Waals surface area (Å²) < 4.78 is 0. The Hall–Kier alpha value is -2.04. The van der Waals surface area contributed by atoms with Crippen LogP contribution < -0.4 is 10.2 Å². The second-order valence-corrected chi connectivity index (χ2v) is 8.28. The lowest BCUT2D eigenvalue weighted by Crippen LogP contribution is -2.47. The minimum Gasteiger partial charge on any atom is -0.369 e. The zero-order chi connectivity index (χ0) is 19.6. The van der Waals surface area contributed by atoms with Gasteiger partial charge in [-0.05, 0) is 55.6 Å². The number of carbonyl (C=O) groups is 1. The van der Waals surface area contributed by atoms with Crippen LogP contribution in [-0.2, 0) is 10.2 Å². The van der Waals surface area contributed by atoms with Gasteiger partial charge in [0.2, 0.25) is 5.91 Å². The highest BCUT2D eigenvalue weighted by molar-refractivity contribution is 6.30. The van der Waals surface area contributed by atoms with Crippen LogP contribution in [0.4, 0.5) is 11.4 Å². The summed E-state index contributed by atoms with van der Waals surface area (Å²) in [6.45, 7) is 7.31. The van der Waals surface area contributed by atoms with Crippen molar-refractivity contribution in [3.63, 3.8) is 0 Å². The van der Waals surface area contributed by atoms with Crippen LogP contribution in [0.25, 0.3) is 0 Å². The molecule has 0 aliphatic carbocycles. The number of amides is 1. The van der Waals surface area contributed by atoms with Crippen LogP contribution in [0.3, 0.4) is 0 Å². The first-order valence-corrected chi connectivity index (χ1v) is 10.6. The summed E-state index contributed by atoms with van der Waals surface area (Å²) in [6, 6.07) is 16.3. The molecule has 5 heteroatoms. The van der Waals surface area contributed by atoms with Gasteiger partial charge in [-0.3, -0.25) is 9.69 Å². The molecule has 1 fully saturated rings. The number of nitrogens with one attached hydrogen (secondary N) is 1. The molecule has 1 amide bonds. The highest BCUT2D eigenvalue weighted by Crippen LogP contribution is 2.43. The molecule has 0 spiro atoms. The van der Waals surface area contributed by atoms with E-state index in [0.29, 0.717) is 0 Å². The van der Waals surface area contributed by atoms with Crippen molar-refractivity contribution in [1.29, 1.82) is 0 Å². The fourth-order valence-corrected chi connectivity index (χ4v) is 4.84. The predicted molar refractivity (Wildman–Crippen MR) is 116 cm³/mol. The molecule has 2 aromatic carbocycles. The average Bonchev–Trinajstić information content (AvgIpc) is 3.00. The first-order chi connectivity index (χ1) is 13.6. The molecule has 2 aliphatic heterocycles. The zero-order valence-corrected chi connectivity index (χ0v) is 17.2. The first kappa shape index (κ1) is 19.3. The van der Waals surface area contributed by atoms with Gasteiger partial charge >= 0.3 is 0 Å². The Balaban J connectivity index is 1.32. The number of para-hydroxylation sites is 1. The molecule has 2 aromatic rings. The zero-order valence-electron chi connectivity index (χ0n) is 16.5. The molecular formula is C23H28ClN3O. The molecule has 1 unspecified atom stereocenters. The van der Waals surface area contributed by atoms with E-state index in [1.807, 2.05) is 36.4 Å². The number of anilines is 2. The van der Waals surface area contributed by atoms with E-state index in [1.165, 1.54) is 11.3 Å². The number of benzene rings is 2. The minimum absolute atomic E-state index is 0.168. The largest absolute Gasteiger partial charge is 0.369 e. The van der Waals surface area contributed by atoms with Gasteiger partial charge in [0.25, 0.3) is 0 Å². The second-order valence-electron chi connectivity index (χ2n) is 7.85. The third kappa shape index (κ3) is 3.63. The van der Waals surface area contributed by atoms with Crippen LogP contribution in [-0.4, -0.2) is 43.5 Å². The summed E-state index contributed by atoms with van der Waals surface area (Å²) in [5.74, 6) is 0.168. The summed E-state index contributed by atoms with van der Waals surface area (Å²) in [6.07, 6.45) is 2.78. The number of carbonyl (C=O) groups excluding carboxylic acids is 1. The quantitative estimate of drug-likeness (QED) is 0.777.